The van der Waals surface area contributed by atoms with Crippen LogP contribution in [-0.2, 0) is 9.59 Å². The molecule has 0 aliphatic carbocycles. The zero-order chi connectivity index (χ0) is 10.8. The molecule has 1 aromatic heterocycles. The molecule has 0 saturated carbocycles. The van der Waals surface area contributed by atoms with Crippen molar-refractivity contribution in [1.82, 2.24) is 0 Å². The third-order valence-electron chi connectivity index (χ3n) is 1.55. The van der Waals surface area contributed by atoms with E-state index in [0.717, 1.165) is 0 Å². The fourth-order valence-electron chi connectivity index (χ4n) is 0.903. The van der Waals surface area contributed by atoms with Gasteiger partial charge >= 0.3 is 0 Å². The van der Waals surface area contributed by atoms with Crippen molar-refractivity contribution in [3.8, 4) is 0 Å². The number of Topliss-reactive ketones (excluding diaryl/α,β-unsaturated/α-hetero) is 1. The number of thiophene rings is 1. The quantitative estimate of drug-likeness (QED) is 0.481. The van der Waals surface area contributed by atoms with Gasteiger partial charge in [0.25, 0.3) is 0 Å². The van der Waals surface area contributed by atoms with Crippen molar-refractivity contribution < 1.29 is 9.59 Å². The second-order valence-electron chi connectivity index (χ2n) is 2.49. The summed E-state index contributed by atoms with van der Waals surface area (Å²) in [6.07, 6.45) is 0.482. The minimum atomic E-state index is -2.05. The van der Waals surface area contributed by atoms with Crippen LogP contribution < -0.4 is 0 Å². The molecule has 6 heteroatoms. The van der Waals surface area contributed by atoms with E-state index in [9.17, 15) is 9.59 Å². The number of hydrogen-bond donors (Lipinski definition) is 0. The summed E-state index contributed by atoms with van der Waals surface area (Å²) < 4.78 is -2.05. The fourth-order valence-corrected chi connectivity index (χ4v) is 2.04. The van der Waals surface area contributed by atoms with Crippen LogP contribution >= 0.6 is 46.1 Å². The van der Waals surface area contributed by atoms with Gasteiger partial charge in [-0.25, -0.2) is 0 Å². The second-order valence-corrected chi connectivity index (χ2v) is 5.75. The van der Waals surface area contributed by atoms with Gasteiger partial charge in [0.2, 0.25) is 3.79 Å². The smallest absolute Gasteiger partial charge is 0.249 e. The molecular weight excluding hydrogens is 267 g/mol. The third-order valence-corrected chi connectivity index (χ3v) is 3.06. The summed E-state index contributed by atoms with van der Waals surface area (Å²) in [5.41, 5.74) is 0. The first kappa shape index (κ1) is 12.0. The van der Waals surface area contributed by atoms with E-state index in [1.165, 1.54) is 11.3 Å². The van der Waals surface area contributed by atoms with E-state index in [0.29, 0.717) is 11.2 Å². The molecule has 0 aliphatic rings. The molecule has 1 rings (SSSR count). The van der Waals surface area contributed by atoms with Crippen LogP contribution in [0.15, 0.2) is 17.5 Å². The minimum absolute atomic E-state index is 0.482. The molecule has 1 heterocycles. The van der Waals surface area contributed by atoms with E-state index in [2.05, 4.69) is 0 Å². The number of aldehydes is 1. The van der Waals surface area contributed by atoms with E-state index in [1.807, 2.05) is 0 Å². The van der Waals surface area contributed by atoms with Gasteiger partial charge in [0.05, 0.1) is 0 Å². The Morgan fingerprint density at radius 3 is 2.50 bits per heavy atom. The molecule has 1 atom stereocenters. The topological polar surface area (TPSA) is 34.1 Å². The summed E-state index contributed by atoms with van der Waals surface area (Å²) >= 11 is 17.5. The Kier molecular flexibility index (Phi) is 3.95. The lowest BCUT2D eigenvalue weighted by molar-refractivity contribution is -0.123. The fraction of sp³-hybridized carbons (Fsp3) is 0.250. The average molecular weight is 272 g/mol. The molecule has 0 N–H and O–H groups in total. The maximum atomic E-state index is 11.5. The molecule has 2 nitrogen and oxygen atoms in total. The first-order valence-electron chi connectivity index (χ1n) is 3.56. The number of carbonyl (C=O) groups is 2. The largest absolute Gasteiger partial charge is 0.302 e. The molecule has 0 bridgehead atoms. The lowest BCUT2D eigenvalue weighted by Crippen LogP contribution is -2.26. The zero-order valence-corrected chi connectivity index (χ0v) is 9.83. The van der Waals surface area contributed by atoms with Crippen LogP contribution in [0.5, 0.6) is 0 Å². The van der Waals surface area contributed by atoms with Gasteiger partial charge in [-0.3, -0.25) is 4.79 Å². The van der Waals surface area contributed by atoms with E-state index in [-0.39, 0.29) is 0 Å². The summed E-state index contributed by atoms with van der Waals surface area (Å²) in [7, 11) is 0. The Balaban J connectivity index is 2.94. The predicted octanol–water partition coefficient (Wildman–Crippen LogP) is 2.97. The standard InChI is InChI=1S/C8H5Cl3O2S/c9-8(10,11)7(13)5(4-12)6-2-1-3-14-6/h1-5H. The van der Waals surface area contributed by atoms with Crippen molar-refractivity contribution in [1.29, 1.82) is 0 Å². The summed E-state index contributed by atoms with van der Waals surface area (Å²) in [6, 6.07) is 3.38. The number of hydrogen-bond acceptors (Lipinski definition) is 3. The van der Waals surface area contributed by atoms with Crippen molar-refractivity contribution in [2.45, 2.75) is 9.71 Å². The van der Waals surface area contributed by atoms with E-state index in [4.69, 9.17) is 34.8 Å². The number of ketones is 1. The molecule has 1 aromatic rings. The van der Waals surface area contributed by atoms with Crippen LogP contribution in [-0.4, -0.2) is 15.9 Å². The van der Waals surface area contributed by atoms with E-state index < -0.39 is 15.5 Å². The number of rotatable bonds is 3. The van der Waals surface area contributed by atoms with Gasteiger partial charge in [0.15, 0.2) is 5.78 Å². The van der Waals surface area contributed by atoms with Gasteiger partial charge in [-0.15, -0.1) is 11.3 Å². The van der Waals surface area contributed by atoms with Gasteiger partial charge in [-0.1, -0.05) is 40.9 Å². The number of alkyl halides is 3. The lowest BCUT2D eigenvalue weighted by atomic mass is 10.1. The van der Waals surface area contributed by atoms with Crippen LogP contribution in [0.2, 0.25) is 0 Å². The molecular formula is C8H5Cl3O2S. The van der Waals surface area contributed by atoms with Gasteiger partial charge in [-0.05, 0) is 11.4 Å². The summed E-state index contributed by atoms with van der Waals surface area (Å²) in [5, 5.41) is 1.75. The normalized spacial score (nSPS) is 13.6. The van der Waals surface area contributed by atoms with Gasteiger partial charge < -0.3 is 4.79 Å². The predicted molar refractivity (Wildman–Crippen MR) is 58.4 cm³/mol. The van der Waals surface area contributed by atoms with E-state index in [1.54, 1.807) is 17.5 Å². The molecule has 1 unspecified atom stereocenters. The molecule has 76 valence electrons. The Morgan fingerprint density at radius 1 is 1.50 bits per heavy atom. The monoisotopic (exact) mass is 270 g/mol. The third kappa shape index (κ3) is 2.70. The molecule has 0 radical (unpaired) electrons. The zero-order valence-electron chi connectivity index (χ0n) is 6.75. The second kappa shape index (κ2) is 4.62. The maximum absolute atomic E-state index is 11.5. The SMILES string of the molecule is O=CC(C(=O)C(Cl)(Cl)Cl)c1cccs1. The van der Waals surface area contributed by atoms with Crippen LogP contribution in [0.3, 0.4) is 0 Å². The highest BCUT2D eigenvalue weighted by Crippen LogP contribution is 2.34. The Bertz CT molecular complexity index is 329. The summed E-state index contributed by atoms with van der Waals surface area (Å²) in [6.45, 7) is 0. The van der Waals surface area contributed by atoms with Crippen molar-refractivity contribution in [2.24, 2.45) is 0 Å². The van der Waals surface area contributed by atoms with Crippen molar-refractivity contribution in [2.75, 3.05) is 0 Å². The van der Waals surface area contributed by atoms with Crippen LogP contribution in [0.4, 0.5) is 0 Å². The van der Waals surface area contributed by atoms with E-state index >= 15 is 0 Å². The van der Waals surface area contributed by atoms with Crippen molar-refractivity contribution >= 4 is 58.2 Å². The number of halogens is 3. The van der Waals surface area contributed by atoms with Gasteiger partial charge in [-0.2, -0.15) is 0 Å². The van der Waals surface area contributed by atoms with Crippen molar-refractivity contribution in [3.05, 3.63) is 22.4 Å². The average Bonchev–Trinajstić information content (AvgIpc) is 2.57. The Labute approximate surface area is 99.8 Å². The van der Waals surface area contributed by atoms with Crippen LogP contribution in [0.25, 0.3) is 0 Å². The molecule has 0 amide bonds. The molecule has 0 fully saturated rings. The number of carbonyl (C=O) groups excluding carboxylic acids is 2. The highest BCUT2D eigenvalue weighted by atomic mass is 35.6. The molecule has 0 aromatic carbocycles. The highest BCUT2D eigenvalue weighted by molar-refractivity contribution is 7.10. The maximum Gasteiger partial charge on any atom is 0.249 e. The van der Waals surface area contributed by atoms with Gasteiger partial charge in [0.1, 0.15) is 12.2 Å². The lowest BCUT2D eigenvalue weighted by Gasteiger charge is -2.13. The summed E-state index contributed by atoms with van der Waals surface area (Å²) in [5.74, 6) is -1.71. The Morgan fingerprint density at radius 2 is 2.14 bits per heavy atom. The highest BCUT2D eigenvalue weighted by Gasteiger charge is 2.37. The molecule has 0 aliphatic heterocycles. The first-order valence-corrected chi connectivity index (χ1v) is 5.58. The van der Waals surface area contributed by atoms with Gasteiger partial charge in [0, 0.05) is 4.88 Å². The Hall–Kier alpha value is -0.0900. The molecule has 0 spiro atoms. The van der Waals surface area contributed by atoms with Crippen LogP contribution in [0, 0.1) is 0 Å². The summed E-state index contributed by atoms with van der Waals surface area (Å²) in [4.78, 5) is 22.8. The molecule has 0 saturated heterocycles. The van der Waals surface area contributed by atoms with Crippen molar-refractivity contribution in [3.63, 3.8) is 0 Å². The van der Waals surface area contributed by atoms with Crippen LogP contribution in [0.1, 0.15) is 10.8 Å². The minimum Gasteiger partial charge on any atom is -0.302 e. The molecule has 14 heavy (non-hydrogen) atoms. The first-order chi connectivity index (χ1) is 6.46.